The highest BCUT2D eigenvalue weighted by Gasteiger charge is 2.19. The van der Waals surface area contributed by atoms with Gasteiger partial charge in [-0.2, -0.15) is 0 Å². The second-order valence-electron chi connectivity index (χ2n) is 4.24. The molecule has 3 nitrogen and oxygen atoms in total. The molecule has 0 saturated heterocycles. The van der Waals surface area contributed by atoms with E-state index in [1.54, 1.807) is 30.3 Å². The van der Waals surface area contributed by atoms with Crippen LogP contribution in [0.25, 0.3) is 0 Å². The molecule has 0 aliphatic rings. The predicted molar refractivity (Wildman–Crippen MR) is 82.3 cm³/mol. The standard InChI is InChI=1S/C15H14BrFN2O/c1-2-19(11-6-3-5-10(17)9-11)15(20)12-7-4-8-13(18)14(12)16/h3-9H,2,18H2,1H3. The van der Waals surface area contributed by atoms with Crippen LogP contribution in [-0.2, 0) is 0 Å². The molecule has 0 aliphatic carbocycles. The number of nitrogens with two attached hydrogens (primary N) is 1. The van der Waals surface area contributed by atoms with E-state index < -0.39 is 0 Å². The first kappa shape index (κ1) is 14.5. The molecule has 0 spiro atoms. The van der Waals surface area contributed by atoms with Crippen molar-refractivity contribution in [3.8, 4) is 0 Å². The van der Waals surface area contributed by atoms with Crippen LogP contribution in [0.1, 0.15) is 17.3 Å². The molecule has 2 rings (SSSR count). The Kier molecular flexibility index (Phi) is 4.39. The molecule has 1 amide bonds. The second-order valence-corrected chi connectivity index (χ2v) is 5.03. The minimum atomic E-state index is -0.375. The first-order chi connectivity index (χ1) is 9.54. The van der Waals surface area contributed by atoms with E-state index in [1.807, 2.05) is 6.92 Å². The molecule has 2 aromatic carbocycles. The molecular weight excluding hydrogens is 323 g/mol. The van der Waals surface area contributed by atoms with Gasteiger partial charge in [0.25, 0.3) is 5.91 Å². The molecule has 2 aromatic rings. The summed E-state index contributed by atoms with van der Waals surface area (Å²) in [6.07, 6.45) is 0. The van der Waals surface area contributed by atoms with Crippen molar-refractivity contribution in [2.24, 2.45) is 0 Å². The Morgan fingerprint density at radius 1 is 1.30 bits per heavy atom. The number of benzene rings is 2. The van der Waals surface area contributed by atoms with Gasteiger partial charge in [0.1, 0.15) is 5.82 Å². The van der Waals surface area contributed by atoms with Gasteiger partial charge in [-0.15, -0.1) is 0 Å². The van der Waals surface area contributed by atoms with E-state index in [1.165, 1.54) is 17.0 Å². The largest absolute Gasteiger partial charge is 0.398 e. The lowest BCUT2D eigenvalue weighted by molar-refractivity contribution is 0.0987. The number of carbonyl (C=O) groups is 1. The van der Waals surface area contributed by atoms with Crippen molar-refractivity contribution in [2.75, 3.05) is 17.2 Å². The topological polar surface area (TPSA) is 46.3 Å². The van der Waals surface area contributed by atoms with Gasteiger partial charge in [-0.1, -0.05) is 12.1 Å². The summed E-state index contributed by atoms with van der Waals surface area (Å²) in [5, 5.41) is 0. The maximum Gasteiger partial charge on any atom is 0.259 e. The van der Waals surface area contributed by atoms with Gasteiger partial charge >= 0.3 is 0 Å². The van der Waals surface area contributed by atoms with Gasteiger partial charge in [0.15, 0.2) is 0 Å². The smallest absolute Gasteiger partial charge is 0.259 e. The number of halogens is 2. The Hall–Kier alpha value is -1.88. The monoisotopic (exact) mass is 336 g/mol. The minimum absolute atomic E-state index is 0.225. The van der Waals surface area contributed by atoms with Crippen molar-refractivity contribution in [3.05, 3.63) is 58.3 Å². The van der Waals surface area contributed by atoms with Crippen molar-refractivity contribution in [1.29, 1.82) is 0 Å². The van der Waals surface area contributed by atoms with Crippen LogP contribution in [0.3, 0.4) is 0 Å². The van der Waals surface area contributed by atoms with Crippen LogP contribution in [-0.4, -0.2) is 12.5 Å². The van der Waals surface area contributed by atoms with Crippen LogP contribution in [0.2, 0.25) is 0 Å². The zero-order valence-corrected chi connectivity index (χ0v) is 12.5. The lowest BCUT2D eigenvalue weighted by Crippen LogP contribution is -2.31. The summed E-state index contributed by atoms with van der Waals surface area (Å²) in [5.41, 5.74) is 7.25. The molecular formula is C15H14BrFN2O. The normalized spacial score (nSPS) is 10.3. The maximum atomic E-state index is 13.3. The number of carbonyl (C=O) groups excluding carboxylic acids is 1. The Bertz CT molecular complexity index is 646. The van der Waals surface area contributed by atoms with Crippen molar-refractivity contribution >= 4 is 33.2 Å². The summed E-state index contributed by atoms with van der Waals surface area (Å²) in [4.78, 5) is 14.1. The maximum absolute atomic E-state index is 13.3. The molecule has 0 heterocycles. The van der Waals surface area contributed by atoms with E-state index >= 15 is 0 Å². The molecule has 0 atom stereocenters. The number of amides is 1. The number of rotatable bonds is 3. The molecule has 0 unspecified atom stereocenters. The third kappa shape index (κ3) is 2.82. The van der Waals surface area contributed by atoms with E-state index in [9.17, 15) is 9.18 Å². The van der Waals surface area contributed by atoms with Crippen molar-refractivity contribution < 1.29 is 9.18 Å². The fourth-order valence-corrected chi connectivity index (χ4v) is 2.38. The van der Waals surface area contributed by atoms with Crippen LogP contribution in [0.15, 0.2) is 46.9 Å². The molecule has 0 radical (unpaired) electrons. The summed E-state index contributed by atoms with van der Waals surface area (Å²) >= 11 is 3.32. The first-order valence-electron chi connectivity index (χ1n) is 6.16. The van der Waals surface area contributed by atoms with Gasteiger partial charge in [0.2, 0.25) is 0 Å². The average molecular weight is 337 g/mol. The number of nitrogen functional groups attached to an aromatic ring is 1. The Balaban J connectivity index is 2.42. The third-order valence-corrected chi connectivity index (χ3v) is 3.83. The van der Waals surface area contributed by atoms with Crippen LogP contribution < -0.4 is 10.6 Å². The zero-order valence-electron chi connectivity index (χ0n) is 10.9. The summed E-state index contributed by atoms with van der Waals surface area (Å²) in [6, 6.07) is 11.1. The van der Waals surface area contributed by atoms with Crippen molar-refractivity contribution in [3.63, 3.8) is 0 Å². The summed E-state index contributed by atoms with van der Waals surface area (Å²) in [5.74, 6) is -0.599. The molecule has 104 valence electrons. The number of hydrogen-bond donors (Lipinski definition) is 1. The Labute approximate surface area is 125 Å². The van der Waals surface area contributed by atoms with Crippen molar-refractivity contribution in [2.45, 2.75) is 6.92 Å². The molecule has 2 N–H and O–H groups in total. The number of hydrogen-bond acceptors (Lipinski definition) is 2. The van der Waals surface area contributed by atoms with Gasteiger partial charge in [0, 0.05) is 17.9 Å². The highest BCUT2D eigenvalue weighted by molar-refractivity contribution is 9.10. The van der Waals surface area contributed by atoms with E-state index in [0.29, 0.717) is 28.0 Å². The number of anilines is 2. The lowest BCUT2D eigenvalue weighted by atomic mass is 10.1. The summed E-state index contributed by atoms with van der Waals surface area (Å²) in [6.45, 7) is 2.27. The quantitative estimate of drug-likeness (QED) is 0.865. The van der Waals surface area contributed by atoms with Crippen LogP contribution in [0, 0.1) is 5.82 Å². The van der Waals surface area contributed by atoms with Gasteiger partial charge in [0.05, 0.1) is 10.0 Å². The molecule has 5 heteroatoms. The number of nitrogens with zero attached hydrogens (tertiary/aromatic N) is 1. The lowest BCUT2D eigenvalue weighted by Gasteiger charge is -2.22. The summed E-state index contributed by atoms with van der Waals surface area (Å²) in [7, 11) is 0. The SMILES string of the molecule is CCN(C(=O)c1cccc(N)c1Br)c1cccc(F)c1. The molecule has 0 aliphatic heterocycles. The minimum Gasteiger partial charge on any atom is -0.398 e. The third-order valence-electron chi connectivity index (χ3n) is 2.94. The fourth-order valence-electron chi connectivity index (χ4n) is 1.95. The zero-order chi connectivity index (χ0) is 14.7. The van der Waals surface area contributed by atoms with E-state index in [-0.39, 0.29) is 11.7 Å². The summed E-state index contributed by atoms with van der Waals surface area (Å²) < 4.78 is 13.9. The molecule has 0 bridgehead atoms. The van der Waals surface area contributed by atoms with Crippen LogP contribution >= 0.6 is 15.9 Å². The predicted octanol–water partition coefficient (Wildman–Crippen LogP) is 3.84. The fraction of sp³-hybridized carbons (Fsp3) is 0.133. The average Bonchev–Trinajstić information content (AvgIpc) is 2.42. The van der Waals surface area contributed by atoms with Crippen LogP contribution in [0.5, 0.6) is 0 Å². The van der Waals surface area contributed by atoms with E-state index in [2.05, 4.69) is 15.9 Å². The molecule has 0 saturated carbocycles. The van der Waals surface area contributed by atoms with Gasteiger partial charge in [-0.3, -0.25) is 4.79 Å². The highest BCUT2D eigenvalue weighted by atomic mass is 79.9. The molecule has 0 aromatic heterocycles. The second kappa shape index (κ2) is 6.05. The molecule has 20 heavy (non-hydrogen) atoms. The van der Waals surface area contributed by atoms with E-state index in [0.717, 1.165) is 0 Å². The Morgan fingerprint density at radius 3 is 2.65 bits per heavy atom. The van der Waals surface area contributed by atoms with Crippen LogP contribution in [0.4, 0.5) is 15.8 Å². The van der Waals surface area contributed by atoms with E-state index in [4.69, 9.17) is 5.73 Å². The van der Waals surface area contributed by atoms with Gasteiger partial charge < -0.3 is 10.6 Å². The first-order valence-corrected chi connectivity index (χ1v) is 6.95. The van der Waals surface area contributed by atoms with Gasteiger partial charge in [-0.25, -0.2) is 4.39 Å². The van der Waals surface area contributed by atoms with Gasteiger partial charge in [-0.05, 0) is 53.2 Å². The van der Waals surface area contributed by atoms with Crippen molar-refractivity contribution in [1.82, 2.24) is 0 Å². The Morgan fingerprint density at radius 2 is 2.00 bits per heavy atom. The molecule has 0 fully saturated rings. The highest BCUT2D eigenvalue weighted by Crippen LogP contribution is 2.27.